The molecule has 0 aliphatic rings. The van der Waals surface area contributed by atoms with E-state index in [4.69, 9.17) is 0 Å². The third-order valence-corrected chi connectivity index (χ3v) is 2.58. The third-order valence-electron chi connectivity index (χ3n) is 2.58. The largest absolute Gasteiger partial charge is 0.353 e. The summed E-state index contributed by atoms with van der Waals surface area (Å²) < 4.78 is 0. The van der Waals surface area contributed by atoms with Crippen LogP contribution < -0.4 is 10.6 Å². The molecule has 0 fully saturated rings. The van der Waals surface area contributed by atoms with Crippen LogP contribution in [0.15, 0.2) is 0 Å². The first-order valence-corrected chi connectivity index (χ1v) is 5.76. The Balaban J connectivity index is 3.75. The quantitative estimate of drug-likeness (QED) is 0.734. The fourth-order valence-corrected chi connectivity index (χ4v) is 1.00. The second-order valence-corrected chi connectivity index (χ2v) is 5.51. The van der Waals surface area contributed by atoms with Gasteiger partial charge >= 0.3 is 0 Å². The Morgan fingerprint density at radius 1 is 1.20 bits per heavy atom. The van der Waals surface area contributed by atoms with Gasteiger partial charge < -0.3 is 10.6 Å². The molecule has 0 rings (SSSR count). The number of carbonyl (C=O) groups excluding carboxylic acids is 1. The van der Waals surface area contributed by atoms with Gasteiger partial charge in [0.1, 0.15) is 0 Å². The van der Waals surface area contributed by atoms with E-state index in [0.717, 1.165) is 6.54 Å². The van der Waals surface area contributed by atoms with Crippen molar-refractivity contribution in [3.63, 3.8) is 0 Å². The monoisotopic (exact) mass is 214 g/mol. The molecule has 0 spiro atoms. The van der Waals surface area contributed by atoms with Gasteiger partial charge in [0.2, 0.25) is 5.91 Å². The summed E-state index contributed by atoms with van der Waals surface area (Å²) >= 11 is 0. The van der Waals surface area contributed by atoms with E-state index in [-0.39, 0.29) is 17.4 Å². The van der Waals surface area contributed by atoms with E-state index >= 15 is 0 Å². The zero-order valence-electron chi connectivity index (χ0n) is 11.0. The number of amides is 1. The van der Waals surface area contributed by atoms with Crippen LogP contribution in [0.5, 0.6) is 0 Å². The molecule has 0 aliphatic heterocycles. The van der Waals surface area contributed by atoms with Crippen LogP contribution >= 0.6 is 0 Å². The Kier molecular flexibility index (Phi) is 5.88. The summed E-state index contributed by atoms with van der Waals surface area (Å²) in [6.45, 7) is 13.3. The lowest BCUT2D eigenvalue weighted by Crippen LogP contribution is -2.42. The van der Waals surface area contributed by atoms with Crippen LogP contribution in [0.1, 0.15) is 48.0 Å². The van der Waals surface area contributed by atoms with Crippen molar-refractivity contribution in [2.45, 2.75) is 60.0 Å². The molecule has 0 bridgehead atoms. The molecule has 0 aliphatic carbocycles. The third kappa shape index (κ3) is 7.37. The zero-order valence-corrected chi connectivity index (χ0v) is 11.0. The van der Waals surface area contributed by atoms with Crippen LogP contribution in [-0.4, -0.2) is 24.5 Å². The molecule has 2 N–H and O–H groups in total. The first-order chi connectivity index (χ1) is 6.73. The maximum atomic E-state index is 11.5. The van der Waals surface area contributed by atoms with Gasteiger partial charge in [0, 0.05) is 25.0 Å². The predicted molar refractivity (Wildman–Crippen MR) is 64.8 cm³/mol. The maximum Gasteiger partial charge on any atom is 0.221 e. The Morgan fingerprint density at radius 3 is 2.13 bits per heavy atom. The van der Waals surface area contributed by atoms with Crippen molar-refractivity contribution in [1.82, 2.24) is 10.6 Å². The number of hydrogen-bond donors (Lipinski definition) is 2. The maximum absolute atomic E-state index is 11.5. The van der Waals surface area contributed by atoms with E-state index < -0.39 is 0 Å². The smallest absolute Gasteiger partial charge is 0.221 e. The second-order valence-electron chi connectivity index (χ2n) is 5.51. The molecule has 0 heterocycles. The van der Waals surface area contributed by atoms with Gasteiger partial charge in [0.05, 0.1) is 0 Å². The highest BCUT2D eigenvalue weighted by Crippen LogP contribution is 2.18. The van der Waals surface area contributed by atoms with Gasteiger partial charge in [-0.3, -0.25) is 4.79 Å². The molecule has 1 atom stereocenters. The van der Waals surface area contributed by atoms with Crippen LogP contribution in [0.3, 0.4) is 0 Å². The zero-order chi connectivity index (χ0) is 12.1. The molecule has 0 radical (unpaired) electrons. The van der Waals surface area contributed by atoms with Crippen LogP contribution in [0.25, 0.3) is 0 Å². The van der Waals surface area contributed by atoms with Crippen LogP contribution in [0.4, 0.5) is 0 Å². The van der Waals surface area contributed by atoms with Gasteiger partial charge in [-0.25, -0.2) is 0 Å². The summed E-state index contributed by atoms with van der Waals surface area (Å²) in [6, 6.07) is 0.655. The molecule has 1 unspecified atom stereocenters. The lowest BCUT2D eigenvalue weighted by atomic mass is 9.88. The van der Waals surface area contributed by atoms with E-state index in [1.165, 1.54) is 0 Å². The summed E-state index contributed by atoms with van der Waals surface area (Å²) in [7, 11) is 0. The molecular formula is C12H26N2O. The first-order valence-electron chi connectivity index (χ1n) is 5.76. The summed E-state index contributed by atoms with van der Waals surface area (Å²) in [5.74, 6) is 0.130. The molecule has 3 heteroatoms. The first kappa shape index (κ1) is 14.4. The van der Waals surface area contributed by atoms with Crippen molar-refractivity contribution < 1.29 is 4.79 Å². The molecule has 3 nitrogen and oxygen atoms in total. The van der Waals surface area contributed by atoms with Crippen LogP contribution in [0.2, 0.25) is 0 Å². The van der Waals surface area contributed by atoms with E-state index in [0.29, 0.717) is 12.5 Å². The van der Waals surface area contributed by atoms with Crippen molar-refractivity contribution in [3.8, 4) is 0 Å². The fraction of sp³-hybridized carbons (Fsp3) is 0.917. The summed E-state index contributed by atoms with van der Waals surface area (Å²) in [5, 5.41) is 6.24. The standard InChI is InChI=1S/C12H26N2O/c1-9(2)13-8-7-11(15)14-10(3)12(4,5)6/h9-10,13H,7-8H2,1-6H3,(H,14,15). The fourth-order valence-electron chi connectivity index (χ4n) is 1.00. The Bertz CT molecular complexity index is 194. The highest BCUT2D eigenvalue weighted by molar-refractivity contribution is 5.76. The number of hydrogen-bond acceptors (Lipinski definition) is 2. The Morgan fingerprint density at radius 2 is 1.73 bits per heavy atom. The topological polar surface area (TPSA) is 41.1 Å². The van der Waals surface area contributed by atoms with Gasteiger partial charge in [-0.2, -0.15) is 0 Å². The van der Waals surface area contributed by atoms with Gasteiger partial charge in [0.25, 0.3) is 0 Å². The molecule has 0 aromatic carbocycles. The SMILES string of the molecule is CC(C)NCCC(=O)NC(C)C(C)(C)C. The number of rotatable bonds is 5. The van der Waals surface area contributed by atoms with Crippen molar-refractivity contribution in [2.24, 2.45) is 5.41 Å². The molecule has 90 valence electrons. The Hall–Kier alpha value is -0.570. The second kappa shape index (κ2) is 6.11. The van der Waals surface area contributed by atoms with Gasteiger partial charge in [-0.15, -0.1) is 0 Å². The predicted octanol–water partition coefficient (Wildman–Crippen LogP) is 1.93. The van der Waals surface area contributed by atoms with Gasteiger partial charge in [-0.05, 0) is 12.3 Å². The Labute approximate surface area is 94.0 Å². The molecule has 0 aromatic heterocycles. The van der Waals surface area contributed by atoms with E-state index in [2.05, 4.69) is 45.3 Å². The minimum Gasteiger partial charge on any atom is -0.353 e. The lowest BCUT2D eigenvalue weighted by molar-refractivity contribution is -0.122. The molecule has 1 amide bonds. The van der Waals surface area contributed by atoms with E-state index in [1.807, 2.05) is 6.92 Å². The highest BCUT2D eigenvalue weighted by atomic mass is 16.1. The summed E-state index contributed by atoms with van der Waals surface area (Å²) in [5.41, 5.74) is 0.126. The van der Waals surface area contributed by atoms with Crippen molar-refractivity contribution in [2.75, 3.05) is 6.54 Å². The van der Waals surface area contributed by atoms with E-state index in [1.54, 1.807) is 0 Å². The lowest BCUT2D eigenvalue weighted by Gasteiger charge is -2.28. The van der Waals surface area contributed by atoms with Crippen LogP contribution in [0, 0.1) is 5.41 Å². The van der Waals surface area contributed by atoms with Crippen LogP contribution in [-0.2, 0) is 4.79 Å². The molecule has 0 aromatic rings. The molecule has 0 saturated carbocycles. The van der Waals surface area contributed by atoms with Gasteiger partial charge in [-0.1, -0.05) is 34.6 Å². The average molecular weight is 214 g/mol. The van der Waals surface area contributed by atoms with Crippen molar-refractivity contribution >= 4 is 5.91 Å². The summed E-state index contributed by atoms with van der Waals surface area (Å²) in [6.07, 6.45) is 0.554. The number of carbonyl (C=O) groups is 1. The summed E-state index contributed by atoms with van der Waals surface area (Å²) in [4.78, 5) is 11.5. The van der Waals surface area contributed by atoms with Crippen molar-refractivity contribution in [3.05, 3.63) is 0 Å². The molecule has 15 heavy (non-hydrogen) atoms. The average Bonchev–Trinajstić information content (AvgIpc) is 2.01. The number of nitrogens with one attached hydrogen (secondary N) is 2. The highest BCUT2D eigenvalue weighted by Gasteiger charge is 2.21. The van der Waals surface area contributed by atoms with E-state index in [9.17, 15) is 4.79 Å². The molecule has 0 saturated heterocycles. The minimum absolute atomic E-state index is 0.126. The van der Waals surface area contributed by atoms with Crippen molar-refractivity contribution in [1.29, 1.82) is 0 Å². The van der Waals surface area contributed by atoms with Gasteiger partial charge in [0.15, 0.2) is 0 Å². The normalized spacial score (nSPS) is 14.1. The molecular weight excluding hydrogens is 188 g/mol. The minimum atomic E-state index is 0.126.